The van der Waals surface area contributed by atoms with Crippen LogP contribution in [0.4, 0.5) is 15.8 Å². The second kappa shape index (κ2) is 7.61. The van der Waals surface area contributed by atoms with Crippen LogP contribution in [0.1, 0.15) is 13.3 Å². The largest absolute Gasteiger partial charge is 0.490 e. The van der Waals surface area contributed by atoms with Crippen LogP contribution in [0.3, 0.4) is 0 Å². The summed E-state index contributed by atoms with van der Waals surface area (Å²) < 4.78 is 24.4. The molecule has 2 aromatic rings. The van der Waals surface area contributed by atoms with E-state index in [0.29, 0.717) is 30.4 Å². The van der Waals surface area contributed by atoms with Crippen molar-refractivity contribution in [2.75, 3.05) is 23.8 Å². The fraction of sp³-hybridized carbons (Fsp3) is 0.278. The molecule has 0 spiro atoms. The predicted molar refractivity (Wildman–Crippen MR) is 95.2 cm³/mol. The molecule has 132 valence electrons. The third kappa shape index (κ3) is 4.33. The van der Waals surface area contributed by atoms with Crippen LogP contribution in [0.2, 0.25) is 5.02 Å². The van der Waals surface area contributed by atoms with Gasteiger partial charge < -0.3 is 20.1 Å². The SMILES string of the molecule is CC(Nc1ccc2c(c1)OCCCO2)C(=O)Nc1ccc(F)c(Cl)c1. The number of rotatable bonds is 4. The number of amides is 1. The van der Waals surface area contributed by atoms with Gasteiger partial charge in [-0.3, -0.25) is 4.79 Å². The Morgan fingerprint density at radius 2 is 1.84 bits per heavy atom. The number of benzene rings is 2. The lowest BCUT2D eigenvalue weighted by Gasteiger charge is -2.17. The van der Waals surface area contributed by atoms with Gasteiger partial charge in [-0.1, -0.05) is 11.6 Å². The summed E-state index contributed by atoms with van der Waals surface area (Å²) in [7, 11) is 0. The number of halogens is 2. The number of anilines is 2. The van der Waals surface area contributed by atoms with Crippen molar-refractivity contribution in [3.8, 4) is 11.5 Å². The molecule has 1 aliphatic rings. The van der Waals surface area contributed by atoms with Gasteiger partial charge in [-0.25, -0.2) is 4.39 Å². The molecule has 0 fully saturated rings. The minimum absolute atomic E-state index is 0.0405. The quantitative estimate of drug-likeness (QED) is 0.858. The lowest BCUT2D eigenvalue weighted by Crippen LogP contribution is -2.31. The Labute approximate surface area is 150 Å². The van der Waals surface area contributed by atoms with Gasteiger partial charge in [0.2, 0.25) is 5.91 Å². The molecule has 0 saturated carbocycles. The Kier molecular flexibility index (Phi) is 5.28. The van der Waals surface area contributed by atoms with Crippen molar-refractivity contribution < 1.29 is 18.7 Å². The first kappa shape index (κ1) is 17.4. The molecule has 0 saturated heterocycles. The zero-order chi connectivity index (χ0) is 17.8. The number of hydrogen-bond acceptors (Lipinski definition) is 4. The molecule has 1 atom stereocenters. The second-order valence-electron chi connectivity index (χ2n) is 5.70. The van der Waals surface area contributed by atoms with Crippen LogP contribution >= 0.6 is 11.6 Å². The lowest BCUT2D eigenvalue weighted by atomic mass is 10.2. The van der Waals surface area contributed by atoms with E-state index < -0.39 is 11.9 Å². The highest BCUT2D eigenvalue weighted by atomic mass is 35.5. The Hall–Kier alpha value is -2.47. The average molecular weight is 365 g/mol. The molecule has 3 rings (SSSR count). The zero-order valence-electron chi connectivity index (χ0n) is 13.6. The molecule has 1 amide bonds. The summed E-state index contributed by atoms with van der Waals surface area (Å²) in [6, 6.07) is 8.96. The van der Waals surface area contributed by atoms with Crippen LogP contribution in [0.25, 0.3) is 0 Å². The summed E-state index contributed by atoms with van der Waals surface area (Å²) in [5.41, 5.74) is 1.17. The molecule has 0 aromatic heterocycles. The summed E-state index contributed by atoms with van der Waals surface area (Å²) >= 11 is 5.72. The van der Waals surface area contributed by atoms with Crippen molar-refractivity contribution >= 4 is 28.9 Å². The molecule has 1 heterocycles. The standard InChI is InChI=1S/C18H18ClFN2O3/c1-11(18(23)22-12-3-5-15(20)14(19)9-12)21-13-4-6-16-17(10-13)25-8-2-7-24-16/h3-6,9-11,21H,2,7-8H2,1H3,(H,22,23). The minimum atomic E-state index is -0.530. The maximum absolute atomic E-state index is 13.2. The molecule has 2 aromatic carbocycles. The van der Waals surface area contributed by atoms with E-state index >= 15 is 0 Å². The molecule has 5 nitrogen and oxygen atoms in total. The first-order valence-electron chi connectivity index (χ1n) is 7.95. The number of carbonyl (C=O) groups is 1. The Morgan fingerprint density at radius 1 is 1.12 bits per heavy atom. The van der Waals surface area contributed by atoms with Gasteiger partial charge in [0.1, 0.15) is 11.9 Å². The van der Waals surface area contributed by atoms with E-state index in [2.05, 4.69) is 10.6 Å². The molecule has 1 aliphatic heterocycles. The van der Waals surface area contributed by atoms with E-state index in [-0.39, 0.29) is 10.9 Å². The number of ether oxygens (including phenoxy) is 2. The molecule has 25 heavy (non-hydrogen) atoms. The van der Waals surface area contributed by atoms with Gasteiger partial charge >= 0.3 is 0 Å². The van der Waals surface area contributed by atoms with Crippen molar-refractivity contribution in [3.05, 3.63) is 47.2 Å². The summed E-state index contributed by atoms with van der Waals surface area (Å²) in [5.74, 6) is 0.550. The van der Waals surface area contributed by atoms with E-state index in [9.17, 15) is 9.18 Å². The van der Waals surface area contributed by atoms with Crippen molar-refractivity contribution in [2.24, 2.45) is 0 Å². The van der Waals surface area contributed by atoms with Crippen molar-refractivity contribution in [2.45, 2.75) is 19.4 Å². The van der Waals surface area contributed by atoms with Crippen molar-refractivity contribution in [1.29, 1.82) is 0 Å². The maximum atomic E-state index is 13.2. The molecule has 7 heteroatoms. The smallest absolute Gasteiger partial charge is 0.246 e. The summed E-state index contributed by atoms with van der Waals surface area (Å²) in [4.78, 5) is 12.3. The van der Waals surface area contributed by atoms with E-state index in [1.165, 1.54) is 18.2 Å². The number of nitrogens with one attached hydrogen (secondary N) is 2. The molecule has 2 N–H and O–H groups in total. The van der Waals surface area contributed by atoms with E-state index in [0.717, 1.165) is 12.1 Å². The first-order chi connectivity index (χ1) is 12.0. The molecule has 0 radical (unpaired) electrons. The average Bonchev–Trinajstić information content (AvgIpc) is 2.83. The van der Waals surface area contributed by atoms with Gasteiger partial charge in [0.05, 0.1) is 18.2 Å². The minimum Gasteiger partial charge on any atom is -0.490 e. The van der Waals surface area contributed by atoms with Gasteiger partial charge in [-0.15, -0.1) is 0 Å². The van der Waals surface area contributed by atoms with Crippen LogP contribution in [-0.2, 0) is 4.79 Å². The molecule has 0 bridgehead atoms. The summed E-state index contributed by atoms with van der Waals surface area (Å²) in [6.07, 6.45) is 0.830. The predicted octanol–water partition coefficient (Wildman–Crippen LogP) is 4.08. The Balaban J connectivity index is 1.65. The van der Waals surface area contributed by atoms with Gasteiger partial charge in [0.15, 0.2) is 11.5 Å². The third-order valence-corrected chi connectivity index (χ3v) is 4.00. The monoisotopic (exact) mass is 364 g/mol. The third-order valence-electron chi connectivity index (χ3n) is 3.71. The molecule has 1 unspecified atom stereocenters. The van der Waals surface area contributed by atoms with Crippen LogP contribution in [-0.4, -0.2) is 25.2 Å². The van der Waals surface area contributed by atoms with Crippen LogP contribution in [0.15, 0.2) is 36.4 Å². The lowest BCUT2D eigenvalue weighted by molar-refractivity contribution is -0.116. The highest BCUT2D eigenvalue weighted by Crippen LogP contribution is 2.32. The van der Waals surface area contributed by atoms with Gasteiger partial charge in [-0.05, 0) is 37.3 Å². The van der Waals surface area contributed by atoms with E-state index in [4.69, 9.17) is 21.1 Å². The van der Waals surface area contributed by atoms with E-state index in [1.807, 2.05) is 12.1 Å². The highest BCUT2D eigenvalue weighted by Gasteiger charge is 2.16. The number of fused-ring (bicyclic) bond motifs is 1. The highest BCUT2D eigenvalue weighted by molar-refractivity contribution is 6.31. The van der Waals surface area contributed by atoms with Crippen LogP contribution in [0.5, 0.6) is 11.5 Å². The van der Waals surface area contributed by atoms with Gasteiger partial charge in [0.25, 0.3) is 0 Å². The Bertz CT molecular complexity index is 785. The first-order valence-corrected chi connectivity index (χ1v) is 8.33. The summed E-state index contributed by atoms with van der Waals surface area (Å²) in [5, 5.41) is 5.76. The fourth-order valence-electron chi connectivity index (χ4n) is 2.39. The number of hydrogen-bond donors (Lipinski definition) is 2. The second-order valence-corrected chi connectivity index (χ2v) is 6.10. The fourth-order valence-corrected chi connectivity index (χ4v) is 2.57. The number of carbonyl (C=O) groups excluding carboxylic acids is 1. The van der Waals surface area contributed by atoms with Gasteiger partial charge in [-0.2, -0.15) is 0 Å². The topological polar surface area (TPSA) is 59.6 Å². The van der Waals surface area contributed by atoms with Gasteiger partial charge in [0, 0.05) is 23.9 Å². The maximum Gasteiger partial charge on any atom is 0.246 e. The zero-order valence-corrected chi connectivity index (χ0v) is 14.4. The normalized spacial score (nSPS) is 14.4. The molecule has 0 aliphatic carbocycles. The van der Waals surface area contributed by atoms with Crippen molar-refractivity contribution in [3.63, 3.8) is 0 Å². The van der Waals surface area contributed by atoms with E-state index in [1.54, 1.807) is 13.0 Å². The molecular formula is C18H18ClFN2O3. The van der Waals surface area contributed by atoms with Crippen LogP contribution in [0, 0.1) is 5.82 Å². The van der Waals surface area contributed by atoms with Crippen molar-refractivity contribution in [1.82, 2.24) is 0 Å². The Morgan fingerprint density at radius 3 is 2.60 bits per heavy atom. The summed E-state index contributed by atoms with van der Waals surface area (Å²) in [6.45, 7) is 2.94. The molecular weight excluding hydrogens is 347 g/mol. The van der Waals surface area contributed by atoms with Crippen LogP contribution < -0.4 is 20.1 Å².